The number of nitrogens with one attached hydrogen (secondary N) is 1. The summed E-state index contributed by atoms with van der Waals surface area (Å²) in [6.07, 6.45) is 0. The number of aliphatic imine (C=N–C) groups is 1. The molecular formula is C19H21ClN4O3S2. The number of sulfonamides is 1. The van der Waals surface area contributed by atoms with Crippen molar-refractivity contribution < 1.29 is 13.2 Å². The second kappa shape index (κ2) is 9.73. The summed E-state index contributed by atoms with van der Waals surface area (Å²) < 4.78 is 32.0. The third kappa shape index (κ3) is 5.18. The first-order chi connectivity index (χ1) is 13.6. The summed E-state index contributed by atoms with van der Waals surface area (Å²) >= 11 is 1.56. The number of hydrogen-bond acceptors (Lipinski definition) is 6. The number of morpholine rings is 1. The molecule has 0 spiro atoms. The molecule has 4 rings (SSSR count). The number of ether oxygens (including phenoxy) is 1. The Hall–Kier alpha value is -1.91. The van der Waals surface area contributed by atoms with Crippen molar-refractivity contribution in [2.24, 2.45) is 10.1 Å². The van der Waals surface area contributed by atoms with Gasteiger partial charge in [-0.3, -0.25) is 5.43 Å². The average molecular weight is 453 g/mol. The predicted molar refractivity (Wildman–Crippen MR) is 119 cm³/mol. The van der Waals surface area contributed by atoms with Crippen LogP contribution in [-0.2, 0) is 14.8 Å². The lowest BCUT2D eigenvalue weighted by Gasteiger charge is -2.26. The molecule has 0 radical (unpaired) electrons. The van der Waals surface area contributed by atoms with Gasteiger partial charge < -0.3 is 4.74 Å². The fourth-order valence-electron chi connectivity index (χ4n) is 2.90. The van der Waals surface area contributed by atoms with E-state index in [9.17, 15) is 8.42 Å². The molecule has 0 unspecified atom stereocenters. The normalized spacial score (nSPS) is 19.2. The average Bonchev–Trinajstić information content (AvgIpc) is 2.76. The SMILES string of the molecule is Cl.O=S(=O)(c1ccc(N=C2NN=C(c3ccccc3)CS2)cc1)N1CCOCC1. The Labute approximate surface area is 180 Å². The Morgan fingerprint density at radius 3 is 2.34 bits per heavy atom. The van der Waals surface area contributed by atoms with Gasteiger partial charge in [-0.15, -0.1) is 12.4 Å². The van der Waals surface area contributed by atoms with Gasteiger partial charge >= 0.3 is 0 Å². The molecule has 0 aliphatic carbocycles. The van der Waals surface area contributed by atoms with E-state index in [0.29, 0.717) is 37.2 Å². The van der Waals surface area contributed by atoms with Crippen molar-refractivity contribution in [2.45, 2.75) is 4.90 Å². The van der Waals surface area contributed by atoms with E-state index in [4.69, 9.17) is 4.74 Å². The van der Waals surface area contributed by atoms with Gasteiger partial charge in [0.2, 0.25) is 10.0 Å². The molecule has 1 saturated heterocycles. The van der Waals surface area contributed by atoms with Crippen molar-refractivity contribution >= 4 is 50.8 Å². The van der Waals surface area contributed by atoms with Crippen molar-refractivity contribution in [1.82, 2.24) is 9.73 Å². The lowest BCUT2D eigenvalue weighted by atomic mass is 10.1. The summed E-state index contributed by atoms with van der Waals surface area (Å²) in [5.41, 5.74) is 5.70. The van der Waals surface area contributed by atoms with Crippen LogP contribution in [0.3, 0.4) is 0 Å². The largest absolute Gasteiger partial charge is 0.379 e. The Balaban J connectivity index is 0.00000240. The maximum atomic E-state index is 12.7. The number of nitrogens with zero attached hydrogens (tertiary/aromatic N) is 3. The molecule has 154 valence electrons. The molecule has 0 amide bonds. The Morgan fingerprint density at radius 1 is 1.03 bits per heavy atom. The number of benzene rings is 2. The first-order valence-corrected chi connectivity index (χ1v) is 11.3. The lowest BCUT2D eigenvalue weighted by molar-refractivity contribution is 0.0730. The summed E-state index contributed by atoms with van der Waals surface area (Å²) in [4.78, 5) is 4.79. The second-order valence-electron chi connectivity index (χ2n) is 6.25. The van der Waals surface area contributed by atoms with Gasteiger partial charge in [-0.05, 0) is 29.8 Å². The quantitative estimate of drug-likeness (QED) is 0.771. The van der Waals surface area contributed by atoms with E-state index >= 15 is 0 Å². The van der Waals surface area contributed by atoms with Gasteiger partial charge in [-0.2, -0.15) is 9.41 Å². The van der Waals surface area contributed by atoms with Crippen LogP contribution in [0.15, 0.2) is 69.6 Å². The maximum Gasteiger partial charge on any atom is 0.243 e. The third-order valence-electron chi connectivity index (χ3n) is 4.41. The topological polar surface area (TPSA) is 83.4 Å². The van der Waals surface area contributed by atoms with Gasteiger partial charge in [0, 0.05) is 18.8 Å². The zero-order chi connectivity index (χ0) is 19.4. The number of halogens is 1. The summed E-state index contributed by atoms with van der Waals surface area (Å²) in [7, 11) is -3.49. The van der Waals surface area contributed by atoms with Crippen LogP contribution in [0.5, 0.6) is 0 Å². The minimum absolute atomic E-state index is 0. The summed E-state index contributed by atoms with van der Waals surface area (Å²) in [6.45, 7) is 1.63. The molecule has 1 N–H and O–H groups in total. The molecule has 7 nitrogen and oxygen atoms in total. The molecule has 2 aliphatic rings. The van der Waals surface area contributed by atoms with Crippen molar-refractivity contribution in [2.75, 3.05) is 32.1 Å². The molecule has 2 heterocycles. The van der Waals surface area contributed by atoms with Crippen molar-refractivity contribution in [3.05, 3.63) is 60.2 Å². The fourth-order valence-corrected chi connectivity index (χ4v) is 5.09. The van der Waals surface area contributed by atoms with E-state index in [1.807, 2.05) is 30.3 Å². The summed E-state index contributed by atoms with van der Waals surface area (Å²) in [5.74, 6) is 0.722. The molecular weight excluding hydrogens is 432 g/mol. The number of hydrogen-bond donors (Lipinski definition) is 1. The number of amidine groups is 1. The molecule has 29 heavy (non-hydrogen) atoms. The van der Waals surface area contributed by atoms with E-state index < -0.39 is 10.0 Å². The van der Waals surface area contributed by atoms with Crippen LogP contribution >= 0.6 is 24.2 Å². The Morgan fingerprint density at radius 2 is 1.72 bits per heavy atom. The molecule has 2 aromatic carbocycles. The molecule has 1 fully saturated rings. The number of thioether (sulfide) groups is 1. The van der Waals surface area contributed by atoms with Gasteiger partial charge in [0.15, 0.2) is 5.17 Å². The van der Waals surface area contributed by atoms with Crippen LogP contribution < -0.4 is 5.43 Å². The van der Waals surface area contributed by atoms with E-state index in [1.165, 1.54) is 4.31 Å². The smallest absolute Gasteiger partial charge is 0.243 e. The van der Waals surface area contributed by atoms with Gasteiger partial charge in [0.05, 0.1) is 29.5 Å². The first-order valence-electron chi connectivity index (χ1n) is 8.90. The van der Waals surface area contributed by atoms with Gasteiger partial charge in [0.1, 0.15) is 0 Å². The first kappa shape index (κ1) is 21.8. The van der Waals surface area contributed by atoms with E-state index in [-0.39, 0.29) is 17.3 Å². The van der Waals surface area contributed by atoms with Crippen molar-refractivity contribution in [1.29, 1.82) is 0 Å². The molecule has 10 heteroatoms. The molecule has 0 saturated carbocycles. The minimum Gasteiger partial charge on any atom is -0.379 e. The van der Waals surface area contributed by atoms with Crippen LogP contribution in [0.4, 0.5) is 5.69 Å². The predicted octanol–water partition coefficient (Wildman–Crippen LogP) is 2.86. The van der Waals surface area contributed by atoms with Crippen molar-refractivity contribution in [3.8, 4) is 0 Å². The molecule has 2 aliphatic heterocycles. The second-order valence-corrected chi connectivity index (χ2v) is 9.15. The van der Waals surface area contributed by atoms with E-state index in [2.05, 4.69) is 15.5 Å². The van der Waals surface area contributed by atoms with Crippen LogP contribution in [0, 0.1) is 0 Å². The monoisotopic (exact) mass is 452 g/mol. The van der Waals surface area contributed by atoms with Crippen LogP contribution in [0.1, 0.15) is 5.56 Å². The fraction of sp³-hybridized carbons (Fsp3) is 0.263. The van der Waals surface area contributed by atoms with E-state index in [1.54, 1.807) is 36.0 Å². The standard InChI is InChI=1S/C19H20N4O3S2.ClH/c24-28(25,23-10-12-26-13-11-23)17-8-6-16(7-9-17)20-19-22-21-18(14-27-19)15-4-2-1-3-5-15;/h1-9H,10-14H2,(H,20,22);1H. The Kier molecular flexibility index (Phi) is 7.31. The highest BCUT2D eigenvalue weighted by Crippen LogP contribution is 2.22. The van der Waals surface area contributed by atoms with Crippen LogP contribution in [-0.4, -0.2) is 55.7 Å². The van der Waals surface area contributed by atoms with Crippen LogP contribution in [0.25, 0.3) is 0 Å². The van der Waals surface area contributed by atoms with E-state index in [0.717, 1.165) is 17.0 Å². The van der Waals surface area contributed by atoms with Crippen LogP contribution in [0.2, 0.25) is 0 Å². The number of rotatable bonds is 4. The Bertz CT molecular complexity index is 990. The van der Waals surface area contributed by atoms with Gasteiger partial charge in [-0.1, -0.05) is 42.1 Å². The molecule has 2 aromatic rings. The van der Waals surface area contributed by atoms with Gasteiger partial charge in [-0.25, -0.2) is 13.4 Å². The zero-order valence-electron chi connectivity index (χ0n) is 15.5. The molecule has 0 aromatic heterocycles. The zero-order valence-corrected chi connectivity index (χ0v) is 18.0. The third-order valence-corrected chi connectivity index (χ3v) is 7.20. The highest BCUT2D eigenvalue weighted by atomic mass is 35.5. The maximum absolute atomic E-state index is 12.7. The summed E-state index contributed by atoms with van der Waals surface area (Å²) in [6, 6.07) is 16.6. The lowest BCUT2D eigenvalue weighted by Crippen LogP contribution is -2.40. The minimum atomic E-state index is -3.49. The molecule has 0 bridgehead atoms. The van der Waals surface area contributed by atoms with Crippen molar-refractivity contribution in [3.63, 3.8) is 0 Å². The van der Waals surface area contributed by atoms with Gasteiger partial charge in [0.25, 0.3) is 0 Å². The highest BCUT2D eigenvalue weighted by molar-refractivity contribution is 8.14. The highest BCUT2D eigenvalue weighted by Gasteiger charge is 2.26. The number of hydrazone groups is 1. The molecule has 0 atom stereocenters. The summed E-state index contributed by atoms with van der Waals surface area (Å²) in [5, 5.41) is 5.08.